The van der Waals surface area contributed by atoms with Gasteiger partial charge in [0.2, 0.25) is 11.5 Å². The van der Waals surface area contributed by atoms with Gasteiger partial charge in [-0.05, 0) is 72.0 Å². The van der Waals surface area contributed by atoms with Crippen LogP contribution in [0.4, 0.5) is 0 Å². The molecular weight excluding hydrogens is 592 g/mol. The largest absolute Gasteiger partial charge is 0.502 e. The van der Waals surface area contributed by atoms with Crippen molar-refractivity contribution < 1.29 is 48.3 Å². The van der Waals surface area contributed by atoms with E-state index in [0.717, 1.165) is 0 Å². The number of aromatic hydroxyl groups is 2. The van der Waals surface area contributed by atoms with Crippen LogP contribution >= 0.6 is 24.4 Å². The summed E-state index contributed by atoms with van der Waals surface area (Å²) < 4.78 is 20.0. The van der Waals surface area contributed by atoms with Crippen molar-refractivity contribution in [2.45, 2.75) is 0 Å². The first kappa shape index (κ1) is 31.3. The summed E-state index contributed by atoms with van der Waals surface area (Å²) in [5.74, 6) is -2.10. The molecule has 0 atom stereocenters. The molecule has 6 N–H and O–H groups in total. The number of hydrogen-bond donors (Lipinski definition) is 6. The van der Waals surface area contributed by atoms with Gasteiger partial charge in [-0.1, -0.05) is 0 Å². The molecule has 0 aliphatic carbocycles. The van der Waals surface area contributed by atoms with E-state index in [2.05, 4.69) is 21.3 Å². The molecule has 4 rings (SSSR count). The van der Waals surface area contributed by atoms with Gasteiger partial charge in [0.05, 0.1) is 28.4 Å². The minimum absolute atomic E-state index is 0.0389. The lowest BCUT2D eigenvalue weighted by Crippen LogP contribution is -2.51. The number of carbonyl (C=O) groups is 4. The van der Waals surface area contributed by atoms with E-state index in [0.29, 0.717) is 11.1 Å². The van der Waals surface area contributed by atoms with Gasteiger partial charge in [0, 0.05) is 0 Å². The Balaban J connectivity index is 0.000000230. The summed E-state index contributed by atoms with van der Waals surface area (Å²) in [6.45, 7) is 0. The lowest BCUT2D eigenvalue weighted by Gasteiger charge is -2.16. The summed E-state index contributed by atoms with van der Waals surface area (Å²) in [6.07, 6.45) is 2.69. The number of benzene rings is 2. The summed E-state index contributed by atoms with van der Waals surface area (Å²) in [7, 11) is 5.52. The SMILES string of the molecule is COc1cc(C=C2C(=O)NC(=S)NC2=O)cc(OC)c1O.COc1cc(C=C2C(=O)NC(=S)NC2=O)cc(OC)c1O. The van der Waals surface area contributed by atoms with Crippen molar-refractivity contribution >= 4 is 70.4 Å². The second-order valence-electron chi connectivity index (χ2n) is 8.14. The maximum absolute atomic E-state index is 11.8. The van der Waals surface area contributed by atoms with Crippen LogP contribution in [0.1, 0.15) is 11.1 Å². The highest BCUT2D eigenvalue weighted by Crippen LogP contribution is 2.38. The van der Waals surface area contributed by atoms with Crippen molar-refractivity contribution in [3.05, 3.63) is 46.5 Å². The van der Waals surface area contributed by atoms with E-state index >= 15 is 0 Å². The quantitative estimate of drug-likeness (QED) is 0.151. The van der Waals surface area contributed by atoms with Gasteiger partial charge < -0.3 is 29.2 Å². The molecule has 0 radical (unpaired) electrons. The molecule has 4 amide bonds. The third-order valence-corrected chi connectivity index (χ3v) is 5.92. The highest BCUT2D eigenvalue weighted by atomic mass is 32.1. The minimum atomic E-state index is -0.602. The van der Waals surface area contributed by atoms with Crippen LogP contribution < -0.4 is 40.2 Å². The molecule has 220 valence electrons. The van der Waals surface area contributed by atoms with Gasteiger partial charge in [-0.2, -0.15) is 0 Å². The van der Waals surface area contributed by atoms with E-state index in [-0.39, 0.29) is 55.9 Å². The number of nitrogens with one attached hydrogen (secondary N) is 4. The van der Waals surface area contributed by atoms with Crippen molar-refractivity contribution in [1.82, 2.24) is 21.3 Å². The van der Waals surface area contributed by atoms with Gasteiger partial charge in [-0.25, -0.2) is 0 Å². The zero-order valence-electron chi connectivity index (χ0n) is 22.4. The van der Waals surface area contributed by atoms with Crippen molar-refractivity contribution in [3.8, 4) is 34.5 Å². The topological polar surface area (TPSA) is 194 Å². The molecule has 2 heterocycles. The molecule has 0 spiro atoms. The number of carbonyl (C=O) groups excluding carboxylic acids is 4. The predicted octanol–water partition coefficient (Wildman–Crippen LogP) is 0.647. The van der Waals surface area contributed by atoms with Crippen molar-refractivity contribution in [2.24, 2.45) is 0 Å². The van der Waals surface area contributed by atoms with E-state index in [4.69, 9.17) is 43.4 Å². The van der Waals surface area contributed by atoms with E-state index in [1.807, 2.05) is 0 Å². The molecule has 2 saturated heterocycles. The fourth-order valence-corrected chi connectivity index (χ4v) is 3.91. The normalized spacial score (nSPS) is 14.4. The molecule has 0 saturated carbocycles. The highest BCUT2D eigenvalue weighted by molar-refractivity contribution is 7.80. The third kappa shape index (κ3) is 7.10. The maximum atomic E-state index is 11.8. The number of hydrogen-bond acceptors (Lipinski definition) is 12. The number of phenolic OH excluding ortho intramolecular Hbond substituents is 2. The van der Waals surface area contributed by atoms with Crippen LogP contribution in [0.15, 0.2) is 35.4 Å². The van der Waals surface area contributed by atoms with E-state index in [1.54, 1.807) is 0 Å². The van der Waals surface area contributed by atoms with E-state index in [1.165, 1.54) is 64.9 Å². The maximum Gasteiger partial charge on any atom is 0.263 e. The Morgan fingerprint density at radius 2 is 0.786 bits per heavy atom. The van der Waals surface area contributed by atoms with Gasteiger partial charge in [0.15, 0.2) is 33.2 Å². The average Bonchev–Trinajstić information content (AvgIpc) is 2.94. The monoisotopic (exact) mass is 616 g/mol. The summed E-state index contributed by atoms with van der Waals surface area (Å²) in [5, 5.41) is 28.9. The number of rotatable bonds is 6. The molecule has 14 nitrogen and oxygen atoms in total. The Labute approximate surface area is 249 Å². The average molecular weight is 617 g/mol. The van der Waals surface area contributed by atoms with E-state index < -0.39 is 23.6 Å². The fraction of sp³-hybridized carbons (Fsp3) is 0.154. The second-order valence-corrected chi connectivity index (χ2v) is 8.96. The van der Waals surface area contributed by atoms with Crippen LogP contribution in [-0.4, -0.2) is 72.5 Å². The van der Waals surface area contributed by atoms with Gasteiger partial charge in [0.25, 0.3) is 23.6 Å². The molecule has 2 aromatic rings. The fourth-order valence-electron chi connectivity index (χ4n) is 3.54. The number of methoxy groups -OCH3 is 4. The van der Waals surface area contributed by atoms with Crippen LogP contribution in [0.25, 0.3) is 12.2 Å². The number of phenols is 2. The minimum Gasteiger partial charge on any atom is -0.502 e. The molecule has 16 heteroatoms. The van der Waals surface area contributed by atoms with Gasteiger partial charge in [-0.15, -0.1) is 0 Å². The molecule has 2 aliphatic rings. The summed E-state index contributed by atoms with van der Waals surface area (Å²) in [4.78, 5) is 47.0. The Morgan fingerprint density at radius 1 is 0.548 bits per heavy atom. The van der Waals surface area contributed by atoms with Gasteiger partial charge in [0.1, 0.15) is 11.1 Å². The second kappa shape index (κ2) is 13.4. The summed E-state index contributed by atoms with van der Waals surface area (Å²) in [6, 6.07) is 5.88. The predicted molar refractivity (Wildman–Crippen MR) is 156 cm³/mol. The molecule has 2 aliphatic heterocycles. The smallest absolute Gasteiger partial charge is 0.263 e. The molecule has 2 fully saturated rings. The number of thiocarbonyl (C=S) groups is 2. The molecule has 0 unspecified atom stereocenters. The van der Waals surface area contributed by atoms with E-state index in [9.17, 15) is 29.4 Å². The van der Waals surface area contributed by atoms with Crippen molar-refractivity contribution in [1.29, 1.82) is 0 Å². The standard InChI is InChI=1S/2C13H12N2O5S/c2*1-19-8-4-6(5-9(20-2)10(8)16)3-7-11(17)14-13(21)15-12(7)18/h2*3-5,16H,1-2H3,(H2,14,15,17,18,21). The number of amides is 4. The Kier molecular flexibility index (Phi) is 10.0. The zero-order chi connectivity index (χ0) is 31.1. The Bertz CT molecular complexity index is 1360. The summed E-state index contributed by atoms with van der Waals surface area (Å²) in [5.41, 5.74) is 0.682. The van der Waals surface area contributed by atoms with Crippen LogP contribution in [0, 0.1) is 0 Å². The first-order chi connectivity index (χ1) is 19.9. The first-order valence-electron chi connectivity index (χ1n) is 11.6. The van der Waals surface area contributed by atoms with Crippen LogP contribution in [0.3, 0.4) is 0 Å². The molecular formula is C26H24N4O10S2. The molecule has 2 aromatic carbocycles. The third-order valence-electron chi connectivity index (χ3n) is 5.51. The van der Waals surface area contributed by atoms with Crippen molar-refractivity contribution in [2.75, 3.05) is 28.4 Å². The van der Waals surface area contributed by atoms with Gasteiger partial charge in [-0.3, -0.25) is 40.4 Å². The Morgan fingerprint density at radius 3 is 1.00 bits per heavy atom. The lowest BCUT2D eigenvalue weighted by molar-refractivity contribution is -0.124. The lowest BCUT2D eigenvalue weighted by atomic mass is 10.1. The first-order valence-corrected chi connectivity index (χ1v) is 12.4. The van der Waals surface area contributed by atoms with Crippen LogP contribution in [0.2, 0.25) is 0 Å². The Hall–Kier alpha value is -5.22. The van der Waals surface area contributed by atoms with Crippen molar-refractivity contribution in [3.63, 3.8) is 0 Å². The zero-order valence-corrected chi connectivity index (χ0v) is 24.1. The highest BCUT2D eigenvalue weighted by Gasteiger charge is 2.27. The molecule has 42 heavy (non-hydrogen) atoms. The molecule has 0 bridgehead atoms. The molecule has 0 aromatic heterocycles. The van der Waals surface area contributed by atoms with Crippen LogP contribution in [-0.2, 0) is 19.2 Å². The summed E-state index contributed by atoms with van der Waals surface area (Å²) >= 11 is 9.42. The van der Waals surface area contributed by atoms with Crippen LogP contribution in [0.5, 0.6) is 34.5 Å². The number of ether oxygens (including phenoxy) is 4. The van der Waals surface area contributed by atoms with Gasteiger partial charge >= 0.3 is 0 Å².